The van der Waals surface area contributed by atoms with Gasteiger partial charge in [0.25, 0.3) is 11.8 Å². The summed E-state index contributed by atoms with van der Waals surface area (Å²) < 4.78 is 16.5. The number of aryl methyl sites for hydroxylation is 1. The van der Waals surface area contributed by atoms with Gasteiger partial charge in [0.05, 0.1) is 39.4 Å². The minimum absolute atomic E-state index is 0.0939. The number of rotatable bonds is 7. The third-order valence-electron chi connectivity index (χ3n) is 5.70. The van der Waals surface area contributed by atoms with E-state index >= 15 is 0 Å². The van der Waals surface area contributed by atoms with Crippen LogP contribution in [0.25, 0.3) is 16.9 Å². The molecular formula is C27H20Cl2FN7O2. The summed E-state index contributed by atoms with van der Waals surface area (Å²) in [4.78, 5) is 30.3. The standard InChI is InChI=1S/C27H20Cl2FN7O2/c1-36-15-16(13-33-36)12-32-27(39)24-11-25(37(35-24)18-5-3-2-4-6-18)34-26(38)20-9-19(21(28)10-22(20)29)23-8-7-17(30)14-31-23/h2-11,13-15H,12H2,1H3,(H,32,39)(H,34,38). The molecule has 0 radical (unpaired) electrons. The first-order valence-electron chi connectivity index (χ1n) is 11.6. The topological polar surface area (TPSA) is 107 Å². The molecule has 39 heavy (non-hydrogen) atoms. The lowest BCUT2D eigenvalue weighted by molar-refractivity contribution is 0.0944. The van der Waals surface area contributed by atoms with Crippen molar-refractivity contribution < 1.29 is 14.0 Å². The van der Waals surface area contributed by atoms with Crippen molar-refractivity contribution in [1.82, 2.24) is 29.9 Å². The van der Waals surface area contributed by atoms with E-state index in [0.29, 0.717) is 16.9 Å². The maximum Gasteiger partial charge on any atom is 0.272 e. The summed E-state index contributed by atoms with van der Waals surface area (Å²) >= 11 is 12.7. The van der Waals surface area contributed by atoms with Crippen LogP contribution in [0.1, 0.15) is 26.4 Å². The van der Waals surface area contributed by atoms with Gasteiger partial charge < -0.3 is 10.6 Å². The Morgan fingerprint density at radius 1 is 0.974 bits per heavy atom. The summed E-state index contributed by atoms with van der Waals surface area (Å²) in [6.07, 6.45) is 4.50. The molecule has 3 aromatic heterocycles. The van der Waals surface area contributed by atoms with Gasteiger partial charge in [-0.25, -0.2) is 9.07 Å². The zero-order chi connectivity index (χ0) is 27.5. The number of aromatic nitrogens is 5. The van der Waals surface area contributed by atoms with Crippen LogP contribution < -0.4 is 10.6 Å². The number of nitrogens with one attached hydrogen (secondary N) is 2. The van der Waals surface area contributed by atoms with Crippen LogP contribution in [0.3, 0.4) is 0 Å². The minimum Gasteiger partial charge on any atom is -0.346 e. The van der Waals surface area contributed by atoms with Gasteiger partial charge in [0.2, 0.25) is 0 Å². The van der Waals surface area contributed by atoms with Crippen LogP contribution in [-0.2, 0) is 13.6 Å². The quantitative estimate of drug-likeness (QED) is 0.279. The molecule has 3 heterocycles. The molecule has 0 saturated carbocycles. The van der Waals surface area contributed by atoms with Crippen LogP contribution in [0.2, 0.25) is 10.0 Å². The van der Waals surface area contributed by atoms with Crippen molar-refractivity contribution in [1.29, 1.82) is 0 Å². The monoisotopic (exact) mass is 563 g/mol. The lowest BCUT2D eigenvalue weighted by atomic mass is 10.1. The van der Waals surface area contributed by atoms with Crippen molar-refractivity contribution in [3.05, 3.63) is 112 Å². The Bertz CT molecular complexity index is 1670. The lowest BCUT2D eigenvalue weighted by Gasteiger charge is -2.12. The Morgan fingerprint density at radius 2 is 1.77 bits per heavy atom. The number of para-hydroxylation sites is 1. The number of carbonyl (C=O) groups is 2. The summed E-state index contributed by atoms with van der Waals surface area (Å²) in [5.41, 5.74) is 2.41. The first-order valence-corrected chi connectivity index (χ1v) is 12.4. The van der Waals surface area contributed by atoms with Crippen molar-refractivity contribution >= 4 is 40.8 Å². The molecule has 0 aliphatic carbocycles. The molecule has 0 unspecified atom stereocenters. The van der Waals surface area contributed by atoms with E-state index in [1.807, 2.05) is 18.2 Å². The van der Waals surface area contributed by atoms with E-state index in [9.17, 15) is 14.0 Å². The third kappa shape index (κ3) is 5.82. The van der Waals surface area contributed by atoms with Gasteiger partial charge >= 0.3 is 0 Å². The smallest absolute Gasteiger partial charge is 0.272 e. The fourth-order valence-electron chi connectivity index (χ4n) is 3.82. The number of nitrogens with zero attached hydrogens (tertiary/aromatic N) is 5. The summed E-state index contributed by atoms with van der Waals surface area (Å²) in [5, 5.41) is 14.4. The van der Waals surface area contributed by atoms with Gasteiger partial charge in [-0.05, 0) is 36.4 Å². The number of hydrogen-bond donors (Lipinski definition) is 2. The van der Waals surface area contributed by atoms with Gasteiger partial charge in [-0.2, -0.15) is 10.2 Å². The number of benzene rings is 2. The molecule has 0 saturated heterocycles. The second-order valence-electron chi connectivity index (χ2n) is 8.49. The molecule has 9 nitrogen and oxygen atoms in total. The van der Waals surface area contributed by atoms with Gasteiger partial charge in [-0.3, -0.25) is 19.3 Å². The SMILES string of the molecule is Cn1cc(CNC(=O)c2cc(NC(=O)c3cc(-c4ccc(F)cn4)c(Cl)cc3Cl)n(-c3ccccc3)n2)cn1. The fourth-order valence-corrected chi connectivity index (χ4v) is 4.39. The van der Waals surface area contributed by atoms with Crippen molar-refractivity contribution in [3.63, 3.8) is 0 Å². The molecular weight excluding hydrogens is 544 g/mol. The van der Waals surface area contributed by atoms with Crippen LogP contribution in [0, 0.1) is 5.82 Å². The third-order valence-corrected chi connectivity index (χ3v) is 6.33. The summed E-state index contributed by atoms with van der Waals surface area (Å²) in [6, 6.07) is 16.1. The summed E-state index contributed by atoms with van der Waals surface area (Å²) in [6.45, 7) is 0.257. The molecule has 12 heteroatoms. The Labute approximate surface area is 232 Å². The van der Waals surface area contributed by atoms with Crippen molar-refractivity contribution in [3.8, 4) is 16.9 Å². The molecule has 0 bridgehead atoms. The summed E-state index contributed by atoms with van der Waals surface area (Å²) in [5.74, 6) is -1.26. The highest BCUT2D eigenvalue weighted by Gasteiger charge is 2.21. The highest BCUT2D eigenvalue weighted by atomic mass is 35.5. The normalized spacial score (nSPS) is 10.9. The number of halogens is 3. The fraction of sp³-hybridized carbons (Fsp3) is 0.0741. The van der Waals surface area contributed by atoms with E-state index in [1.165, 1.54) is 35.0 Å². The van der Waals surface area contributed by atoms with Crippen molar-refractivity contribution in [2.75, 3.05) is 5.32 Å². The molecule has 0 spiro atoms. The molecule has 0 fully saturated rings. The maximum absolute atomic E-state index is 13.4. The van der Waals surface area contributed by atoms with Crippen molar-refractivity contribution in [2.24, 2.45) is 7.05 Å². The first kappa shape index (κ1) is 26.1. The van der Waals surface area contributed by atoms with Crippen LogP contribution in [0.15, 0.2) is 79.3 Å². The number of anilines is 1. The van der Waals surface area contributed by atoms with Crippen LogP contribution in [-0.4, -0.2) is 36.4 Å². The molecule has 0 aliphatic heterocycles. The lowest BCUT2D eigenvalue weighted by Crippen LogP contribution is -2.23. The zero-order valence-electron chi connectivity index (χ0n) is 20.4. The number of hydrogen-bond acceptors (Lipinski definition) is 5. The van der Waals surface area contributed by atoms with Gasteiger partial charge in [-0.15, -0.1) is 0 Å². The highest BCUT2D eigenvalue weighted by Crippen LogP contribution is 2.32. The van der Waals surface area contributed by atoms with E-state index in [4.69, 9.17) is 23.2 Å². The Morgan fingerprint density at radius 3 is 2.46 bits per heavy atom. The Balaban J connectivity index is 1.45. The van der Waals surface area contributed by atoms with Crippen LogP contribution in [0.4, 0.5) is 10.2 Å². The number of carbonyl (C=O) groups excluding carboxylic acids is 2. The predicted molar refractivity (Wildman–Crippen MR) is 146 cm³/mol. The second kappa shape index (κ2) is 11.1. The average Bonchev–Trinajstić information content (AvgIpc) is 3.54. The Kier molecular flexibility index (Phi) is 7.40. The summed E-state index contributed by atoms with van der Waals surface area (Å²) in [7, 11) is 1.79. The molecule has 2 aromatic carbocycles. The Hall–Kier alpha value is -4.54. The molecule has 2 amide bonds. The van der Waals surface area contributed by atoms with E-state index in [-0.39, 0.29) is 33.7 Å². The van der Waals surface area contributed by atoms with E-state index in [0.717, 1.165) is 11.8 Å². The largest absolute Gasteiger partial charge is 0.346 e. The predicted octanol–water partition coefficient (Wildman–Crippen LogP) is 5.30. The molecule has 196 valence electrons. The number of amides is 2. The zero-order valence-corrected chi connectivity index (χ0v) is 21.9. The van der Waals surface area contributed by atoms with E-state index in [1.54, 1.807) is 36.3 Å². The first-order chi connectivity index (χ1) is 18.8. The van der Waals surface area contributed by atoms with Gasteiger partial charge in [0.15, 0.2) is 5.69 Å². The maximum atomic E-state index is 13.4. The van der Waals surface area contributed by atoms with E-state index < -0.39 is 17.6 Å². The van der Waals surface area contributed by atoms with Crippen LogP contribution in [0.5, 0.6) is 0 Å². The minimum atomic E-state index is -0.570. The molecule has 0 atom stereocenters. The van der Waals surface area contributed by atoms with E-state index in [2.05, 4.69) is 25.8 Å². The number of pyridine rings is 1. The average molecular weight is 564 g/mol. The molecule has 5 aromatic rings. The highest BCUT2D eigenvalue weighted by molar-refractivity contribution is 6.38. The van der Waals surface area contributed by atoms with Gasteiger partial charge in [0, 0.05) is 37.0 Å². The van der Waals surface area contributed by atoms with Crippen LogP contribution >= 0.6 is 23.2 Å². The molecule has 5 rings (SSSR count). The van der Waals surface area contributed by atoms with Gasteiger partial charge in [0.1, 0.15) is 11.6 Å². The molecule has 0 aliphatic rings. The second-order valence-corrected chi connectivity index (χ2v) is 9.31. The van der Waals surface area contributed by atoms with Crippen molar-refractivity contribution in [2.45, 2.75) is 6.54 Å². The van der Waals surface area contributed by atoms with Gasteiger partial charge in [-0.1, -0.05) is 41.4 Å². The molecule has 2 N–H and O–H groups in total.